The Morgan fingerprint density at radius 1 is 0.884 bits per heavy atom. The first-order valence-corrected chi connectivity index (χ1v) is 15.5. The van der Waals surface area contributed by atoms with Crippen molar-refractivity contribution in [2.24, 2.45) is 0 Å². The molecular weight excluding hydrogens is 590 g/mol. The minimum absolute atomic E-state index is 0.0456. The molecule has 1 aromatic heterocycles. The van der Waals surface area contributed by atoms with E-state index in [-0.39, 0.29) is 23.3 Å². The van der Waals surface area contributed by atoms with Crippen molar-refractivity contribution in [3.8, 4) is 11.1 Å². The molecule has 0 aliphatic carbocycles. The van der Waals surface area contributed by atoms with Crippen LogP contribution in [0.4, 0.5) is 8.78 Å². The Kier molecular flexibility index (Phi) is 11.9. The molecule has 0 fully saturated rings. The Labute approximate surface area is 260 Å². The summed E-state index contributed by atoms with van der Waals surface area (Å²) < 4.78 is 27.8. The molecule has 226 valence electrons. The van der Waals surface area contributed by atoms with Crippen LogP contribution in [-0.4, -0.2) is 51.4 Å². The van der Waals surface area contributed by atoms with Crippen LogP contribution in [0.15, 0.2) is 88.9 Å². The van der Waals surface area contributed by atoms with E-state index in [9.17, 15) is 18.4 Å². The van der Waals surface area contributed by atoms with Gasteiger partial charge in [0.2, 0.25) is 5.91 Å². The number of hydrogen-bond donors (Lipinski definition) is 0. The lowest BCUT2D eigenvalue weighted by Crippen LogP contribution is -2.40. The summed E-state index contributed by atoms with van der Waals surface area (Å²) in [5.41, 5.74) is 3.90. The third-order valence-corrected chi connectivity index (χ3v) is 8.53. The SMILES string of the molecule is CCN(CC)CCN(Cc1ccc(-c2ccc(CF)cc2)cc1)C(=O)Cn1cc(Cl)c(=O)nc1SCc1ccc(F)cc1. The number of halogens is 3. The van der Waals surface area contributed by atoms with Gasteiger partial charge in [-0.15, -0.1) is 0 Å². The number of nitrogens with zero attached hydrogens (tertiary/aromatic N) is 4. The zero-order valence-corrected chi connectivity index (χ0v) is 25.9. The first kappa shape index (κ1) is 32.4. The highest BCUT2D eigenvalue weighted by Crippen LogP contribution is 2.23. The Balaban J connectivity index is 1.52. The monoisotopic (exact) mass is 624 g/mol. The zero-order chi connectivity index (χ0) is 30.8. The highest BCUT2D eigenvalue weighted by molar-refractivity contribution is 7.98. The van der Waals surface area contributed by atoms with Crippen LogP contribution in [0.1, 0.15) is 30.5 Å². The van der Waals surface area contributed by atoms with Crippen LogP contribution in [0.5, 0.6) is 0 Å². The minimum atomic E-state index is -0.565. The first-order valence-electron chi connectivity index (χ1n) is 14.2. The topological polar surface area (TPSA) is 58.4 Å². The minimum Gasteiger partial charge on any atom is -0.336 e. The molecule has 0 atom stereocenters. The second-order valence-corrected chi connectivity index (χ2v) is 11.4. The molecule has 0 aliphatic heterocycles. The summed E-state index contributed by atoms with van der Waals surface area (Å²) in [6, 6.07) is 21.5. The molecule has 43 heavy (non-hydrogen) atoms. The van der Waals surface area contributed by atoms with Crippen molar-refractivity contribution >= 4 is 29.3 Å². The van der Waals surface area contributed by atoms with E-state index in [0.29, 0.717) is 36.1 Å². The Morgan fingerprint density at radius 2 is 1.47 bits per heavy atom. The molecular formula is C33H35ClF2N4O2S. The number of amides is 1. The fourth-order valence-corrected chi connectivity index (χ4v) is 5.64. The number of likely N-dealkylation sites (N-methyl/N-ethyl adjacent to an activating group) is 1. The van der Waals surface area contributed by atoms with Crippen LogP contribution >= 0.6 is 23.4 Å². The van der Waals surface area contributed by atoms with Crippen molar-refractivity contribution in [3.63, 3.8) is 0 Å². The number of rotatable bonds is 14. The highest BCUT2D eigenvalue weighted by Gasteiger charge is 2.19. The van der Waals surface area contributed by atoms with Crippen LogP contribution in [0.2, 0.25) is 5.02 Å². The summed E-state index contributed by atoms with van der Waals surface area (Å²) in [4.78, 5) is 34.2. The molecule has 3 aromatic carbocycles. The quantitative estimate of drug-likeness (QED) is 0.114. The maximum absolute atomic E-state index is 13.8. The van der Waals surface area contributed by atoms with E-state index in [0.717, 1.165) is 35.3 Å². The van der Waals surface area contributed by atoms with Gasteiger partial charge in [-0.1, -0.05) is 97.9 Å². The largest absolute Gasteiger partial charge is 0.336 e. The maximum atomic E-state index is 13.8. The van der Waals surface area contributed by atoms with Gasteiger partial charge in [0.25, 0.3) is 5.56 Å². The summed E-state index contributed by atoms with van der Waals surface area (Å²) in [6.07, 6.45) is 1.45. The van der Waals surface area contributed by atoms with E-state index >= 15 is 0 Å². The van der Waals surface area contributed by atoms with Gasteiger partial charge >= 0.3 is 0 Å². The summed E-state index contributed by atoms with van der Waals surface area (Å²) >= 11 is 7.42. The van der Waals surface area contributed by atoms with Gasteiger partial charge < -0.3 is 14.4 Å². The van der Waals surface area contributed by atoms with Crippen molar-refractivity contribution in [1.29, 1.82) is 0 Å². The van der Waals surface area contributed by atoms with E-state index in [1.165, 1.54) is 30.1 Å². The van der Waals surface area contributed by atoms with Gasteiger partial charge in [0.05, 0.1) is 0 Å². The molecule has 4 aromatic rings. The van der Waals surface area contributed by atoms with Gasteiger partial charge in [-0.2, -0.15) is 4.98 Å². The van der Waals surface area contributed by atoms with Crippen molar-refractivity contribution in [2.75, 3.05) is 26.2 Å². The van der Waals surface area contributed by atoms with E-state index in [2.05, 4.69) is 23.7 Å². The molecule has 0 radical (unpaired) electrons. The van der Waals surface area contributed by atoms with Crippen molar-refractivity contribution in [3.05, 3.63) is 117 Å². The molecule has 0 spiro atoms. The third-order valence-electron chi connectivity index (χ3n) is 7.21. The van der Waals surface area contributed by atoms with E-state index in [4.69, 9.17) is 11.6 Å². The van der Waals surface area contributed by atoms with Gasteiger partial charge in [-0.05, 0) is 53.0 Å². The van der Waals surface area contributed by atoms with Gasteiger partial charge in [0, 0.05) is 31.6 Å². The van der Waals surface area contributed by atoms with Gasteiger partial charge in [-0.25, -0.2) is 8.78 Å². The van der Waals surface area contributed by atoms with Crippen molar-refractivity contribution in [1.82, 2.24) is 19.4 Å². The van der Waals surface area contributed by atoms with Crippen LogP contribution < -0.4 is 5.56 Å². The molecule has 0 bridgehead atoms. The second kappa shape index (κ2) is 15.8. The summed E-state index contributed by atoms with van der Waals surface area (Å²) in [7, 11) is 0. The van der Waals surface area contributed by atoms with E-state index < -0.39 is 12.2 Å². The number of alkyl halides is 1. The van der Waals surface area contributed by atoms with Crippen molar-refractivity contribution < 1.29 is 13.6 Å². The number of carbonyl (C=O) groups is 1. The molecule has 4 rings (SSSR count). The van der Waals surface area contributed by atoms with E-state index in [1.54, 1.807) is 28.8 Å². The molecule has 1 amide bonds. The molecule has 1 heterocycles. The van der Waals surface area contributed by atoms with Crippen LogP contribution in [0.3, 0.4) is 0 Å². The van der Waals surface area contributed by atoms with Gasteiger partial charge in [0.1, 0.15) is 24.1 Å². The Morgan fingerprint density at radius 3 is 2.05 bits per heavy atom. The molecule has 0 unspecified atom stereocenters. The summed E-state index contributed by atoms with van der Waals surface area (Å²) in [6.45, 7) is 7.03. The molecule has 6 nitrogen and oxygen atoms in total. The number of thioether (sulfide) groups is 1. The molecule has 0 saturated heterocycles. The standard InChI is InChI=1S/C33H35ClF2N4O2S/c1-3-38(4-2)17-18-39(20-25-7-13-28(14-8-25)27-11-5-24(19-35)6-12-27)31(41)22-40-21-30(34)32(42)37-33(40)43-23-26-9-15-29(36)16-10-26/h5-16,21H,3-4,17-20,22-23H2,1-2H3. The molecule has 0 N–H and O–H groups in total. The average Bonchev–Trinajstić information content (AvgIpc) is 3.03. The summed E-state index contributed by atoms with van der Waals surface area (Å²) in [5, 5.41) is 0.294. The second-order valence-electron chi connectivity index (χ2n) is 10.1. The molecule has 0 aliphatic rings. The zero-order valence-electron chi connectivity index (χ0n) is 24.3. The Hall–Kier alpha value is -3.53. The normalized spacial score (nSPS) is 11.2. The Bertz CT molecular complexity index is 1540. The molecule has 10 heteroatoms. The molecule has 0 saturated carbocycles. The fraction of sp³-hybridized carbons (Fsp3) is 0.303. The van der Waals surface area contributed by atoms with Crippen LogP contribution in [0.25, 0.3) is 11.1 Å². The number of carbonyl (C=O) groups excluding carboxylic acids is 1. The average molecular weight is 625 g/mol. The summed E-state index contributed by atoms with van der Waals surface area (Å²) in [5.74, 6) is -0.0207. The predicted octanol–water partition coefficient (Wildman–Crippen LogP) is 6.84. The van der Waals surface area contributed by atoms with Gasteiger partial charge in [0.15, 0.2) is 5.16 Å². The predicted molar refractivity (Wildman–Crippen MR) is 169 cm³/mol. The smallest absolute Gasteiger partial charge is 0.292 e. The van der Waals surface area contributed by atoms with Crippen molar-refractivity contribution in [2.45, 2.75) is 44.5 Å². The lowest BCUT2D eigenvalue weighted by molar-refractivity contribution is -0.132. The maximum Gasteiger partial charge on any atom is 0.292 e. The van der Waals surface area contributed by atoms with E-state index in [1.807, 2.05) is 41.3 Å². The number of aromatic nitrogens is 2. The fourth-order valence-electron chi connectivity index (χ4n) is 4.56. The lowest BCUT2D eigenvalue weighted by atomic mass is 10.0. The highest BCUT2D eigenvalue weighted by atomic mass is 35.5. The first-order chi connectivity index (χ1) is 20.8. The third kappa shape index (κ3) is 9.23. The van der Waals surface area contributed by atoms with Crippen LogP contribution in [0, 0.1) is 5.82 Å². The van der Waals surface area contributed by atoms with Crippen LogP contribution in [-0.2, 0) is 30.3 Å². The number of benzene rings is 3. The lowest BCUT2D eigenvalue weighted by Gasteiger charge is -2.27. The number of hydrogen-bond acceptors (Lipinski definition) is 5. The van der Waals surface area contributed by atoms with Gasteiger partial charge in [-0.3, -0.25) is 9.59 Å².